The molecule has 1 heterocycles. The number of carbonyl (C=O) groups is 1. The number of methoxy groups -OCH3 is 1. The lowest BCUT2D eigenvalue weighted by Gasteiger charge is -2.13. The summed E-state index contributed by atoms with van der Waals surface area (Å²) in [7, 11) is 1.54. The summed E-state index contributed by atoms with van der Waals surface area (Å²) in [6.07, 6.45) is 0.584. The van der Waals surface area contributed by atoms with E-state index in [0.29, 0.717) is 17.2 Å². The molecule has 0 aliphatic carbocycles. The van der Waals surface area contributed by atoms with Crippen molar-refractivity contribution in [2.45, 2.75) is 13.0 Å². The molecule has 2 amide bonds. The molecule has 1 unspecified atom stereocenters. The van der Waals surface area contributed by atoms with Gasteiger partial charge in [0.15, 0.2) is 0 Å². The Bertz CT molecular complexity index is 596. The summed E-state index contributed by atoms with van der Waals surface area (Å²) in [5, 5.41) is 15.1. The molecule has 21 heavy (non-hydrogen) atoms. The van der Waals surface area contributed by atoms with Crippen LogP contribution in [0.3, 0.4) is 0 Å². The lowest BCUT2D eigenvalue weighted by molar-refractivity contribution is 0.149. The van der Waals surface area contributed by atoms with Crippen LogP contribution in [0, 0.1) is 6.92 Å². The average molecular weight is 290 g/mol. The predicted molar refractivity (Wildman–Crippen MR) is 78.4 cm³/mol. The second-order valence-electron chi connectivity index (χ2n) is 4.57. The van der Waals surface area contributed by atoms with Gasteiger partial charge in [-0.2, -0.15) is 0 Å². The summed E-state index contributed by atoms with van der Waals surface area (Å²) in [6.45, 7) is 1.97. The molecule has 0 fully saturated rings. The molecule has 0 spiro atoms. The van der Waals surface area contributed by atoms with Crippen molar-refractivity contribution in [3.05, 3.63) is 47.9 Å². The van der Waals surface area contributed by atoms with E-state index >= 15 is 0 Å². The third-order valence-electron chi connectivity index (χ3n) is 2.93. The number of anilines is 1. The molecule has 2 rings (SSSR count). The molecule has 0 bridgehead atoms. The monoisotopic (exact) mass is 290 g/mol. The number of aliphatic hydroxyl groups is 1. The predicted octanol–water partition coefficient (Wildman–Crippen LogP) is 2.45. The molecule has 0 aliphatic heterocycles. The number of benzene rings is 1. The van der Waals surface area contributed by atoms with Crippen LogP contribution in [0.2, 0.25) is 0 Å². The van der Waals surface area contributed by atoms with Crippen LogP contribution in [0.4, 0.5) is 10.5 Å². The van der Waals surface area contributed by atoms with E-state index in [0.717, 1.165) is 5.56 Å². The SMILES string of the molecule is COc1ccc(C)cc1NC(=O)NCC(O)c1ccco1. The minimum Gasteiger partial charge on any atom is -0.495 e. The Kier molecular flexibility index (Phi) is 4.84. The Morgan fingerprint density at radius 1 is 1.43 bits per heavy atom. The Hall–Kier alpha value is -2.47. The van der Waals surface area contributed by atoms with E-state index in [1.165, 1.54) is 13.4 Å². The number of amides is 2. The largest absolute Gasteiger partial charge is 0.495 e. The molecule has 1 aromatic carbocycles. The van der Waals surface area contributed by atoms with Gasteiger partial charge in [0.2, 0.25) is 0 Å². The van der Waals surface area contributed by atoms with Crippen molar-refractivity contribution in [1.82, 2.24) is 5.32 Å². The van der Waals surface area contributed by atoms with Crippen LogP contribution in [-0.2, 0) is 0 Å². The lowest BCUT2D eigenvalue weighted by atomic mass is 10.2. The van der Waals surface area contributed by atoms with Gasteiger partial charge in [-0.05, 0) is 36.8 Å². The van der Waals surface area contributed by atoms with E-state index < -0.39 is 12.1 Å². The van der Waals surface area contributed by atoms with E-state index in [1.807, 2.05) is 13.0 Å². The number of hydrogen-bond acceptors (Lipinski definition) is 4. The van der Waals surface area contributed by atoms with E-state index in [2.05, 4.69) is 10.6 Å². The van der Waals surface area contributed by atoms with Gasteiger partial charge in [0.25, 0.3) is 0 Å². The summed E-state index contributed by atoms with van der Waals surface area (Å²) in [5.74, 6) is 0.978. The maximum Gasteiger partial charge on any atom is 0.319 e. The van der Waals surface area contributed by atoms with E-state index in [1.54, 1.807) is 24.3 Å². The molecule has 2 aromatic rings. The number of ether oxygens (including phenoxy) is 1. The maximum atomic E-state index is 11.8. The first-order valence-corrected chi connectivity index (χ1v) is 6.51. The van der Waals surface area contributed by atoms with Crippen LogP contribution >= 0.6 is 0 Å². The number of aliphatic hydroxyl groups excluding tert-OH is 1. The second kappa shape index (κ2) is 6.81. The fraction of sp³-hybridized carbons (Fsp3) is 0.267. The fourth-order valence-electron chi connectivity index (χ4n) is 1.86. The highest BCUT2D eigenvalue weighted by molar-refractivity contribution is 5.91. The number of carbonyl (C=O) groups excluding carboxylic acids is 1. The molecule has 112 valence electrons. The van der Waals surface area contributed by atoms with Crippen molar-refractivity contribution in [2.24, 2.45) is 0 Å². The Balaban J connectivity index is 1.91. The van der Waals surface area contributed by atoms with E-state index in [9.17, 15) is 9.90 Å². The molecule has 6 heteroatoms. The number of hydrogen-bond donors (Lipinski definition) is 3. The summed E-state index contributed by atoms with van der Waals surface area (Å²) < 4.78 is 10.2. The lowest BCUT2D eigenvalue weighted by Crippen LogP contribution is -2.32. The molecule has 3 N–H and O–H groups in total. The van der Waals surface area contributed by atoms with Crippen molar-refractivity contribution >= 4 is 11.7 Å². The minimum absolute atomic E-state index is 0.0491. The van der Waals surface area contributed by atoms with E-state index in [4.69, 9.17) is 9.15 Å². The normalized spacial score (nSPS) is 11.8. The molecule has 0 saturated heterocycles. The quantitative estimate of drug-likeness (QED) is 0.789. The van der Waals surface area contributed by atoms with Gasteiger partial charge in [-0.15, -0.1) is 0 Å². The van der Waals surface area contributed by atoms with Gasteiger partial charge in [-0.3, -0.25) is 0 Å². The van der Waals surface area contributed by atoms with Crippen molar-refractivity contribution in [3.63, 3.8) is 0 Å². The van der Waals surface area contributed by atoms with Crippen LogP contribution in [-0.4, -0.2) is 24.8 Å². The standard InChI is InChI=1S/C15H18N2O4/c1-10-5-6-13(20-2)11(8-10)17-15(19)16-9-12(18)14-4-3-7-21-14/h3-8,12,18H,9H2,1-2H3,(H2,16,17,19). The zero-order valence-corrected chi connectivity index (χ0v) is 11.9. The third-order valence-corrected chi connectivity index (χ3v) is 2.93. The molecular formula is C15H18N2O4. The highest BCUT2D eigenvalue weighted by Crippen LogP contribution is 2.25. The summed E-state index contributed by atoms with van der Waals surface area (Å²) in [5.41, 5.74) is 1.57. The zero-order valence-electron chi connectivity index (χ0n) is 11.9. The second-order valence-corrected chi connectivity index (χ2v) is 4.57. The number of furan rings is 1. The Morgan fingerprint density at radius 3 is 2.90 bits per heavy atom. The average Bonchev–Trinajstić information content (AvgIpc) is 2.99. The van der Waals surface area contributed by atoms with Crippen LogP contribution in [0.15, 0.2) is 41.0 Å². The first kappa shape index (κ1) is 14.9. The highest BCUT2D eigenvalue weighted by atomic mass is 16.5. The maximum absolute atomic E-state index is 11.8. The molecule has 0 aliphatic rings. The van der Waals surface area contributed by atoms with E-state index in [-0.39, 0.29) is 6.54 Å². The van der Waals surface area contributed by atoms with Gasteiger partial charge >= 0.3 is 6.03 Å². The van der Waals surface area contributed by atoms with Crippen molar-refractivity contribution in [1.29, 1.82) is 0 Å². The molecule has 0 saturated carbocycles. The van der Waals surface area contributed by atoms with Gasteiger partial charge in [-0.25, -0.2) is 4.79 Å². The third kappa shape index (κ3) is 4.00. The first-order valence-electron chi connectivity index (χ1n) is 6.51. The smallest absolute Gasteiger partial charge is 0.319 e. The van der Waals surface area contributed by atoms with Crippen LogP contribution in [0.5, 0.6) is 5.75 Å². The molecule has 0 radical (unpaired) electrons. The first-order chi connectivity index (χ1) is 10.1. The Morgan fingerprint density at radius 2 is 2.24 bits per heavy atom. The number of urea groups is 1. The highest BCUT2D eigenvalue weighted by Gasteiger charge is 2.13. The topological polar surface area (TPSA) is 83.7 Å². The minimum atomic E-state index is -0.884. The number of rotatable bonds is 5. The van der Waals surface area contributed by atoms with Gasteiger partial charge < -0.3 is 24.9 Å². The summed E-state index contributed by atoms with van der Waals surface area (Å²) >= 11 is 0. The van der Waals surface area contributed by atoms with Crippen LogP contribution < -0.4 is 15.4 Å². The van der Waals surface area contributed by atoms with Crippen LogP contribution in [0.1, 0.15) is 17.4 Å². The zero-order chi connectivity index (χ0) is 15.2. The summed E-state index contributed by atoms with van der Waals surface area (Å²) in [4.78, 5) is 11.8. The number of nitrogens with one attached hydrogen (secondary N) is 2. The van der Waals surface area contributed by atoms with Crippen LogP contribution in [0.25, 0.3) is 0 Å². The molecular weight excluding hydrogens is 272 g/mol. The molecule has 1 atom stereocenters. The molecule has 6 nitrogen and oxygen atoms in total. The number of aryl methyl sites for hydroxylation is 1. The van der Waals surface area contributed by atoms with Gasteiger partial charge in [-0.1, -0.05) is 6.07 Å². The summed E-state index contributed by atoms with van der Waals surface area (Å²) in [6, 6.07) is 8.38. The van der Waals surface area contributed by atoms with Crippen molar-refractivity contribution in [2.75, 3.05) is 19.0 Å². The Labute approximate surface area is 122 Å². The van der Waals surface area contributed by atoms with Crippen molar-refractivity contribution in [3.8, 4) is 5.75 Å². The van der Waals surface area contributed by atoms with Gasteiger partial charge in [0.1, 0.15) is 17.6 Å². The van der Waals surface area contributed by atoms with Crippen molar-refractivity contribution < 1.29 is 19.1 Å². The van der Waals surface area contributed by atoms with Gasteiger partial charge in [0.05, 0.1) is 25.6 Å². The van der Waals surface area contributed by atoms with Gasteiger partial charge in [0, 0.05) is 0 Å². The fourth-order valence-corrected chi connectivity index (χ4v) is 1.86. The molecule has 1 aromatic heterocycles.